The van der Waals surface area contributed by atoms with Gasteiger partial charge in [-0.2, -0.15) is 5.10 Å². The molecule has 3 rings (SSSR count). The van der Waals surface area contributed by atoms with Gasteiger partial charge in [-0.05, 0) is 58.7 Å². The van der Waals surface area contributed by atoms with E-state index in [9.17, 15) is 0 Å². The minimum atomic E-state index is 0.694. The van der Waals surface area contributed by atoms with Crippen LogP contribution >= 0.6 is 0 Å². The highest BCUT2D eigenvalue weighted by atomic mass is 15.3. The van der Waals surface area contributed by atoms with E-state index in [0.717, 1.165) is 6.04 Å². The van der Waals surface area contributed by atoms with E-state index in [0.29, 0.717) is 12.0 Å². The Morgan fingerprint density at radius 3 is 2.47 bits per heavy atom. The summed E-state index contributed by atoms with van der Waals surface area (Å²) in [6, 6.07) is 3.66. The van der Waals surface area contributed by atoms with E-state index in [2.05, 4.69) is 35.7 Å². The van der Waals surface area contributed by atoms with Crippen LogP contribution in [0.3, 0.4) is 0 Å². The molecule has 0 radical (unpaired) electrons. The molecule has 0 spiro atoms. The molecule has 1 aromatic rings. The first-order valence-corrected chi connectivity index (χ1v) is 7.03. The summed E-state index contributed by atoms with van der Waals surface area (Å²) in [5.74, 6) is 0.699. The van der Waals surface area contributed by atoms with Crippen LogP contribution in [0.5, 0.6) is 0 Å². The molecule has 0 bridgehead atoms. The number of likely N-dealkylation sites (tertiary alicyclic amines) is 1. The Morgan fingerprint density at radius 1 is 1.18 bits per heavy atom. The standard InChI is InChI=1S/C14H23N3/c1-11(2)16-8-5-12(6-9-16)14-7-10-17(15-14)13-3-4-13/h7,10-13H,3-6,8-9H2,1-2H3. The minimum Gasteiger partial charge on any atom is -0.301 e. The van der Waals surface area contributed by atoms with Crippen LogP contribution in [0, 0.1) is 0 Å². The van der Waals surface area contributed by atoms with E-state index in [1.807, 2.05) is 0 Å². The van der Waals surface area contributed by atoms with Crippen LogP contribution < -0.4 is 0 Å². The highest BCUT2D eigenvalue weighted by Gasteiger charge is 2.27. The molecule has 3 nitrogen and oxygen atoms in total. The van der Waals surface area contributed by atoms with E-state index in [1.54, 1.807) is 0 Å². The van der Waals surface area contributed by atoms with Gasteiger partial charge in [0.2, 0.25) is 0 Å². The fraction of sp³-hybridized carbons (Fsp3) is 0.786. The van der Waals surface area contributed by atoms with E-state index >= 15 is 0 Å². The summed E-state index contributed by atoms with van der Waals surface area (Å²) in [6.45, 7) is 7.06. The summed E-state index contributed by atoms with van der Waals surface area (Å²) >= 11 is 0. The Bertz CT molecular complexity index is 371. The van der Waals surface area contributed by atoms with Crippen molar-refractivity contribution in [1.82, 2.24) is 14.7 Å². The Hall–Kier alpha value is -0.830. The molecule has 1 saturated carbocycles. The molecule has 0 unspecified atom stereocenters. The van der Waals surface area contributed by atoms with Crippen molar-refractivity contribution in [2.75, 3.05) is 13.1 Å². The van der Waals surface area contributed by atoms with Gasteiger partial charge in [0.1, 0.15) is 0 Å². The second kappa shape index (κ2) is 4.45. The average molecular weight is 233 g/mol. The van der Waals surface area contributed by atoms with Crippen LogP contribution in [0.4, 0.5) is 0 Å². The molecule has 3 heteroatoms. The van der Waals surface area contributed by atoms with Crippen molar-refractivity contribution in [3.63, 3.8) is 0 Å². The molecule has 0 aromatic carbocycles. The van der Waals surface area contributed by atoms with Gasteiger partial charge in [-0.3, -0.25) is 4.68 Å². The molecule has 2 fully saturated rings. The van der Waals surface area contributed by atoms with Crippen molar-refractivity contribution in [2.45, 2.75) is 57.5 Å². The summed E-state index contributed by atoms with van der Waals surface area (Å²) in [7, 11) is 0. The Labute approximate surface area is 104 Å². The smallest absolute Gasteiger partial charge is 0.0656 e. The molecule has 1 aromatic heterocycles. The van der Waals surface area contributed by atoms with Gasteiger partial charge in [-0.25, -0.2) is 0 Å². The fourth-order valence-corrected chi connectivity index (χ4v) is 2.82. The van der Waals surface area contributed by atoms with E-state index in [4.69, 9.17) is 5.10 Å². The van der Waals surface area contributed by atoms with Crippen LogP contribution in [0.25, 0.3) is 0 Å². The van der Waals surface area contributed by atoms with Crippen molar-refractivity contribution in [2.24, 2.45) is 0 Å². The topological polar surface area (TPSA) is 21.1 Å². The van der Waals surface area contributed by atoms with Gasteiger partial charge in [0, 0.05) is 18.2 Å². The summed E-state index contributed by atoms with van der Waals surface area (Å²) in [5.41, 5.74) is 1.33. The number of hydrogen-bond donors (Lipinski definition) is 0. The molecule has 94 valence electrons. The molecule has 1 aliphatic carbocycles. The third-order valence-corrected chi connectivity index (χ3v) is 4.23. The predicted octanol–water partition coefficient (Wildman–Crippen LogP) is 2.81. The lowest BCUT2D eigenvalue weighted by Gasteiger charge is -2.33. The third kappa shape index (κ3) is 2.39. The highest BCUT2D eigenvalue weighted by Crippen LogP contribution is 2.35. The zero-order valence-electron chi connectivity index (χ0n) is 11.0. The average Bonchev–Trinajstić information content (AvgIpc) is 3.07. The first-order valence-electron chi connectivity index (χ1n) is 7.03. The maximum Gasteiger partial charge on any atom is 0.0656 e. The molecule has 0 N–H and O–H groups in total. The van der Waals surface area contributed by atoms with Gasteiger partial charge in [-0.15, -0.1) is 0 Å². The van der Waals surface area contributed by atoms with Gasteiger partial charge in [-0.1, -0.05) is 0 Å². The largest absolute Gasteiger partial charge is 0.301 e. The predicted molar refractivity (Wildman–Crippen MR) is 69.2 cm³/mol. The van der Waals surface area contributed by atoms with E-state index < -0.39 is 0 Å². The van der Waals surface area contributed by atoms with Gasteiger partial charge in [0.05, 0.1) is 11.7 Å². The van der Waals surface area contributed by atoms with Gasteiger partial charge < -0.3 is 4.90 Å². The molecular weight excluding hydrogens is 210 g/mol. The lowest BCUT2D eigenvalue weighted by atomic mass is 9.93. The molecule has 0 amide bonds. The van der Waals surface area contributed by atoms with Crippen LogP contribution in [-0.4, -0.2) is 33.8 Å². The molecule has 1 aliphatic heterocycles. The number of rotatable bonds is 3. The maximum absolute atomic E-state index is 4.76. The fourth-order valence-electron chi connectivity index (χ4n) is 2.82. The van der Waals surface area contributed by atoms with Crippen molar-refractivity contribution >= 4 is 0 Å². The first-order chi connectivity index (χ1) is 8.24. The summed E-state index contributed by atoms with van der Waals surface area (Å²) in [5, 5.41) is 4.76. The number of nitrogens with zero attached hydrogens (tertiary/aromatic N) is 3. The summed E-state index contributed by atoms with van der Waals surface area (Å²) < 4.78 is 2.18. The van der Waals surface area contributed by atoms with Gasteiger partial charge in [0.25, 0.3) is 0 Å². The van der Waals surface area contributed by atoms with E-state index in [-0.39, 0.29) is 0 Å². The lowest BCUT2D eigenvalue weighted by molar-refractivity contribution is 0.170. The SMILES string of the molecule is CC(C)N1CCC(c2ccn(C3CC3)n2)CC1. The van der Waals surface area contributed by atoms with Crippen LogP contribution in [0.2, 0.25) is 0 Å². The monoisotopic (exact) mass is 233 g/mol. The minimum absolute atomic E-state index is 0.694. The molecular formula is C14H23N3. The van der Waals surface area contributed by atoms with Crippen molar-refractivity contribution < 1.29 is 0 Å². The third-order valence-electron chi connectivity index (χ3n) is 4.23. The number of aromatic nitrogens is 2. The quantitative estimate of drug-likeness (QED) is 0.800. The van der Waals surface area contributed by atoms with Crippen molar-refractivity contribution in [3.05, 3.63) is 18.0 Å². The zero-order valence-corrected chi connectivity index (χ0v) is 11.0. The molecule has 17 heavy (non-hydrogen) atoms. The van der Waals surface area contributed by atoms with Crippen LogP contribution in [0.15, 0.2) is 12.3 Å². The van der Waals surface area contributed by atoms with Crippen molar-refractivity contribution in [1.29, 1.82) is 0 Å². The van der Waals surface area contributed by atoms with Crippen LogP contribution in [0.1, 0.15) is 57.2 Å². The van der Waals surface area contributed by atoms with E-state index in [1.165, 1.54) is 44.5 Å². The molecule has 0 atom stereocenters. The Balaban J connectivity index is 1.61. The maximum atomic E-state index is 4.76. The molecule has 2 heterocycles. The second-order valence-electron chi connectivity index (χ2n) is 5.86. The highest BCUT2D eigenvalue weighted by molar-refractivity contribution is 5.09. The summed E-state index contributed by atoms with van der Waals surface area (Å²) in [4.78, 5) is 2.58. The number of piperidine rings is 1. The van der Waals surface area contributed by atoms with Gasteiger partial charge in [0.15, 0.2) is 0 Å². The Morgan fingerprint density at radius 2 is 1.88 bits per heavy atom. The van der Waals surface area contributed by atoms with Crippen molar-refractivity contribution in [3.8, 4) is 0 Å². The lowest BCUT2D eigenvalue weighted by Crippen LogP contribution is -2.37. The first kappa shape index (κ1) is 11.3. The molecule has 1 saturated heterocycles. The second-order valence-corrected chi connectivity index (χ2v) is 5.86. The number of hydrogen-bond acceptors (Lipinski definition) is 2. The summed E-state index contributed by atoms with van der Waals surface area (Å²) in [6.07, 6.45) is 7.39. The normalized spacial score (nSPS) is 23.5. The van der Waals surface area contributed by atoms with Crippen LogP contribution in [-0.2, 0) is 0 Å². The zero-order chi connectivity index (χ0) is 11.8. The Kier molecular flexibility index (Phi) is 2.95. The van der Waals surface area contributed by atoms with Gasteiger partial charge >= 0.3 is 0 Å². The molecule has 2 aliphatic rings.